The molecule has 0 spiro atoms. The van der Waals surface area contributed by atoms with E-state index in [4.69, 9.17) is 20.5 Å². The zero-order valence-corrected chi connectivity index (χ0v) is 6.99. The normalized spacial score (nSPS) is 9.50. The molecule has 0 saturated heterocycles. The van der Waals surface area contributed by atoms with E-state index < -0.39 is 0 Å². The van der Waals surface area contributed by atoms with E-state index in [9.17, 15) is 0 Å². The molecule has 0 aliphatic heterocycles. The van der Waals surface area contributed by atoms with Crippen molar-refractivity contribution in [1.29, 1.82) is 0 Å². The molecular weight excluding hydrogens is 166 g/mol. The van der Waals surface area contributed by atoms with Crippen LogP contribution in [0.5, 0.6) is 0 Å². The third-order valence-corrected chi connectivity index (χ3v) is 0.953. The molecular formula is C6H17NO5. The molecule has 0 rings (SSSR count). The van der Waals surface area contributed by atoms with Crippen molar-refractivity contribution < 1.29 is 24.9 Å². The van der Waals surface area contributed by atoms with E-state index >= 15 is 0 Å². The summed E-state index contributed by atoms with van der Waals surface area (Å²) in [5.74, 6) is 4.75. The van der Waals surface area contributed by atoms with E-state index in [1.807, 2.05) is 0 Å². The minimum atomic E-state index is 0. The second-order valence-corrected chi connectivity index (χ2v) is 1.82. The highest BCUT2D eigenvalue weighted by Crippen LogP contribution is 1.77. The van der Waals surface area contributed by atoms with Crippen LogP contribution in [0.15, 0.2) is 0 Å². The van der Waals surface area contributed by atoms with E-state index in [1.54, 1.807) is 0 Å². The van der Waals surface area contributed by atoms with Crippen molar-refractivity contribution in [2.75, 3.05) is 39.6 Å². The van der Waals surface area contributed by atoms with E-state index in [-0.39, 0.29) is 12.1 Å². The molecule has 6 heteroatoms. The molecule has 0 unspecified atom stereocenters. The summed E-state index contributed by atoms with van der Waals surface area (Å²) in [4.78, 5) is 4.26. The molecule has 6 nitrogen and oxygen atoms in total. The molecule has 0 saturated carbocycles. The van der Waals surface area contributed by atoms with Crippen molar-refractivity contribution in [2.24, 2.45) is 5.90 Å². The lowest BCUT2D eigenvalue weighted by atomic mass is 10.7. The average molecular weight is 183 g/mol. The molecule has 0 atom stereocenters. The maximum absolute atomic E-state index is 8.30. The van der Waals surface area contributed by atoms with Crippen molar-refractivity contribution in [3.63, 3.8) is 0 Å². The Kier molecular flexibility index (Phi) is 15.9. The highest BCUT2D eigenvalue weighted by molar-refractivity contribution is 4.31. The van der Waals surface area contributed by atoms with Gasteiger partial charge in [0.2, 0.25) is 0 Å². The van der Waals surface area contributed by atoms with Gasteiger partial charge in [0.1, 0.15) is 0 Å². The molecule has 12 heavy (non-hydrogen) atoms. The van der Waals surface area contributed by atoms with Crippen molar-refractivity contribution in [3.8, 4) is 0 Å². The standard InChI is InChI=1S/C6H15NO4.H2O/c7-11-6-5-10-4-3-9-2-1-8;/h8H,1-7H2;1H2. The Morgan fingerprint density at radius 2 is 1.42 bits per heavy atom. The van der Waals surface area contributed by atoms with Crippen molar-refractivity contribution >= 4 is 0 Å². The quantitative estimate of drug-likeness (QED) is 0.337. The molecule has 0 aliphatic rings. The van der Waals surface area contributed by atoms with Crippen LogP contribution >= 0.6 is 0 Å². The van der Waals surface area contributed by atoms with Gasteiger partial charge < -0.3 is 24.9 Å². The first kappa shape index (κ1) is 14.3. The van der Waals surface area contributed by atoms with E-state index in [2.05, 4.69) is 4.84 Å². The highest BCUT2D eigenvalue weighted by Gasteiger charge is 1.88. The topological polar surface area (TPSA) is 105 Å². The Labute approximate surface area is 71.5 Å². The fraction of sp³-hybridized carbons (Fsp3) is 1.00. The Hall–Kier alpha value is -0.240. The van der Waals surface area contributed by atoms with Crippen molar-refractivity contribution in [3.05, 3.63) is 0 Å². The second kappa shape index (κ2) is 13.4. The Morgan fingerprint density at radius 1 is 0.917 bits per heavy atom. The Morgan fingerprint density at radius 3 is 1.92 bits per heavy atom. The minimum absolute atomic E-state index is 0. The Balaban J connectivity index is 0. The molecule has 0 aromatic rings. The summed E-state index contributed by atoms with van der Waals surface area (Å²) in [6, 6.07) is 0. The lowest BCUT2D eigenvalue weighted by Gasteiger charge is -2.02. The number of hydrogen-bond acceptors (Lipinski definition) is 5. The molecule has 0 fully saturated rings. The summed E-state index contributed by atoms with van der Waals surface area (Å²) >= 11 is 0. The lowest BCUT2D eigenvalue weighted by molar-refractivity contribution is 0.00745. The first-order chi connectivity index (χ1) is 5.41. The van der Waals surface area contributed by atoms with Crippen LogP contribution in [-0.2, 0) is 14.3 Å². The van der Waals surface area contributed by atoms with Crippen LogP contribution in [0.4, 0.5) is 0 Å². The predicted octanol–water partition coefficient (Wildman–Crippen LogP) is -1.92. The van der Waals surface area contributed by atoms with Gasteiger partial charge in [-0.05, 0) is 0 Å². The SMILES string of the molecule is NOCCOCCOCCO.O. The number of hydrogen-bond donors (Lipinski definition) is 2. The summed E-state index contributed by atoms with van der Waals surface area (Å²) in [5, 5.41) is 8.30. The van der Waals surface area contributed by atoms with Gasteiger partial charge >= 0.3 is 0 Å². The van der Waals surface area contributed by atoms with Crippen LogP contribution in [-0.4, -0.2) is 50.2 Å². The molecule has 0 radical (unpaired) electrons. The van der Waals surface area contributed by atoms with Crippen LogP contribution in [0.2, 0.25) is 0 Å². The monoisotopic (exact) mass is 183 g/mol. The smallest absolute Gasteiger partial charge is 0.0913 e. The van der Waals surface area contributed by atoms with Gasteiger partial charge in [0.15, 0.2) is 0 Å². The van der Waals surface area contributed by atoms with Gasteiger partial charge in [-0.25, -0.2) is 5.90 Å². The van der Waals surface area contributed by atoms with Crippen LogP contribution in [0.1, 0.15) is 0 Å². The molecule has 0 bridgehead atoms. The maximum atomic E-state index is 8.30. The summed E-state index contributed by atoms with van der Waals surface area (Å²) in [6.45, 7) is 2.26. The summed E-state index contributed by atoms with van der Waals surface area (Å²) in [5.41, 5.74) is 0. The fourth-order valence-electron chi connectivity index (χ4n) is 0.494. The summed E-state index contributed by atoms with van der Waals surface area (Å²) in [6.07, 6.45) is 0. The second-order valence-electron chi connectivity index (χ2n) is 1.82. The minimum Gasteiger partial charge on any atom is -0.412 e. The van der Waals surface area contributed by atoms with Gasteiger partial charge in [0.05, 0.1) is 39.6 Å². The van der Waals surface area contributed by atoms with E-state index in [0.29, 0.717) is 33.0 Å². The summed E-state index contributed by atoms with van der Waals surface area (Å²) in [7, 11) is 0. The first-order valence-corrected chi connectivity index (χ1v) is 3.50. The number of aliphatic hydroxyl groups is 1. The third-order valence-electron chi connectivity index (χ3n) is 0.953. The number of rotatable bonds is 8. The highest BCUT2D eigenvalue weighted by atomic mass is 16.6. The van der Waals surface area contributed by atoms with E-state index in [1.165, 1.54) is 0 Å². The molecule has 0 amide bonds. The third kappa shape index (κ3) is 12.4. The van der Waals surface area contributed by atoms with Gasteiger partial charge in [-0.2, -0.15) is 0 Å². The number of aliphatic hydroxyl groups excluding tert-OH is 1. The first-order valence-electron chi connectivity index (χ1n) is 3.50. The average Bonchev–Trinajstić information content (AvgIpc) is 2.03. The molecule has 0 aromatic carbocycles. The van der Waals surface area contributed by atoms with Gasteiger partial charge in [-0.1, -0.05) is 0 Å². The molecule has 0 aromatic heterocycles. The fourth-order valence-corrected chi connectivity index (χ4v) is 0.494. The van der Waals surface area contributed by atoms with Crippen LogP contribution in [0, 0.1) is 0 Å². The zero-order chi connectivity index (χ0) is 8.36. The summed E-state index contributed by atoms with van der Waals surface area (Å²) < 4.78 is 9.92. The van der Waals surface area contributed by atoms with Gasteiger partial charge in [0, 0.05) is 0 Å². The molecule has 5 N–H and O–H groups in total. The van der Waals surface area contributed by atoms with Crippen molar-refractivity contribution in [2.45, 2.75) is 0 Å². The van der Waals surface area contributed by atoms with Crippen LogP contribution < -0.4 is 5.90 Å². The lowest BCUT2D eigenvalue weighted by Crippen LogP contribution is -2.12. The molecule has 76 valence electrons. The Bertz CT molecular complexity index is 65.0. The number of nitrogens with two attached hydrogens (primary N) is 1. The maximum Gasteiger partial charge on any atom is 0.0913 e. The molecule has 0 heterocycles. The zero-order valence-electron chi connectivity index (χ0n) is 6.99. The van der Waals surface area contributed by atoms with Crippen LogP contribution in [0.25, 0.3) is 0 Å². The van der Waals surface area contributed by atoms with Gasteiger partial charge in [-0.3, -0.25) is 0 Å². The van der Waals surface area contributed by atoms with Crippen molar-refractivity contribution in [1.82, 2.24) is 0 Å². The largest absolute Gasteiger partial charge is 0.412 e. The van der Waals surface area contributed by atoms with Gasteiger partial charge in [-0.15, -0.1) is 0 Å². The predicted molar refractivity (Wildman–Crippen MR) is 42.5 cm³/mol. The van der Waals surface area contributed by atoms with Crippen LogP contribution in [0.3, 0.4) is 0 Å². The van der Waals surface area contributed by atoms with E-state index in [0.717, 1.165) is 0 Å². The molecule has 0 aliphatic carbocycles. The number of ether oxygens (including phenoxy) is 2. The van der Waals surface area contributed by atoms with Gasteiger partial charge in [0.25, 0.3) is 0 Å².